The molecule has 0 aromatic carbocycles. The number of pyridine rings is 1. The Kier molecular flexibility index (Phi) is 2.66. The van der Waals surface area contributed by atoms with Gasteiger partial charge in [0.25, 0.3) is 0 Å². The molecule has 0 aliphatic carbocycles. The van der Waals surface area contributed by atoms with Crippen molar-refractivity contribution < 1.29 is 0 Å². The monoisotopic (exact) mass is 148 g/mol. The van der Waals surface area contributed by atoms with Crippen LogP contribution in [-0.4, -0.2) is 4.98 Å². The van der Waals surface area contributed by atoms with E-state index in [2.05, 4.69) is 18.0 Å². The SMILES string of the molecule is CC/C=C\c1cccc(N)n1. The molecule has 58 valence electrons. The lowest BCUT2D eigenvalue weighted by molar-refractivity contribution is 1.22. The van der Waals surface area contributed by atoms with Crippen molar-refractivity contribution in [1.29, 1.82) is 0 Å². The molecule has 2 heteroatoms. The second kappa shape index (κ2) is 3.76. The molecule has 1 aromatic heterocycles. The van der Waals surface area contributed by atoms with Crippen molar-refractivity contribution >= 4 is 11.9 Å². The van der Waals surface area contributed by atoms with Crippen molar-refractivity contribution in [3.8, 4) is 0 Å². The van der Waals surface area contributed by atoms with Crippen LogP contribution in [0.2, 0.25) is 0 Å². The summed E-state index contributed by atoms with van der Waals surface area (Å²) in [7, 11) is 0. The molecule has 0 atom stereocenters. The van der Waals surface area contributed by atoms with E-state index in [-0.39, 0.29) is 0 Å². The highest BCUT2D eigenvalue weighted by atomic mass is 14.8. The van der Waals surface area contributed by atoms with E-state index < -0.39 is 0 Å². The Labute approximate surface area is 66.8 Å². The van der Waals surface area contributed by atoms with Gasteiger partial charge in [0.2, 0.25) is 0 Å². The molecular formula is C9H12N2. The minimum absolute atomic E-state index is 0.572. The van der Waals surface area contributed by atoms with Gasteiger partial charge in [0.05, 0.1) is 5.69 Å². The zero-order valence-corrected chi connectivity index (χ0v) is 6.62. The van der Waals surface area contributed by atoms with Gasteiger partial charge >= 0.3 is 0 Å². The van der Waals surface area contributed by atoms with Crippen molar-refractivity contribution in [3.05, 3.63) is 30.0 Å². The molecule has 2 N–H and O–H groups in total. The Balaban J connectivity index is 2.79. The molecule has 0 aliphatic heterocycles. The molecule has 0 spiro atoms. The summed E-state index contributed by atoms with van der Waals surface area (Å²) in [6, 6.07) is 5.61. The number of nitrogens with two attached hydrogens (primary N) is 1. The van der Waals surface area contributed by atoms with Crippen LogP contribution < -0.4 is 5.73 Å². The Hall–Kier alpha value is -1.31. The number of rotatable bonds is 2. The highest BCUT2D eigenvalue weighted by Gasteiger charge is 1.86. The number of anilines is 1. The van der Waals surface area contributed by atoms with Crippen molar-refractivity contribution in [3.63, 3.8) is 0 Å². The van der Waals surface area contributed by atoms with Gasteiger partial charge in [-0.3, -0.25) is 0 Å². The Morgan fingerprint density at radius 2 is 2.36 bits per heavy atom. The van der Waals surface area contributed by atoms with Gasteiger partial charge in [0.1, 0.15) is 5.82 Å². The van der Waals surface area contributed by atoms with Gasteiger partial charge in [-0.25, -0.2) is 4.98 Å². The molecule has 0 saturated carbocycles. The molecule has 11 heavy (non-hydrogen) atoms. The summed E-state index contributed by atoms with van der Waals surface area (Å²) < 4.78 is 0. The molecule has 1 heterocycles. The molecule has 0 bridgehead atoms. The van der Waals surface area contributed by atoms with E-state index in [1.807, 2.05) is 18.2 Å². The second-order valence-corrected chi connectivity index (χ2v) is 2.30. The third-order valence-corrected chi connectivity index (χ3v) is 1.32. The second-order valence-electron chi connectivity index (χ2n) is 2.30. The van der Waals surface area contributed by atoms with E-state index >= 15 is 0 Å². The first-order valence-electron chi connectivity index (χ1n) is 3.72. The maximum atomic E-state index is 5.49. The van der Waals surface area contributed by atoms with Crippen LogP contribution in [-0.2, 0) is 0 Å². The molecular weight excluding hydrogens is 136 g/mol. The van der Waals surface area contributed by atoms with Crippen LogP contribution in [0.4, 0.5) is 5.82 Å². The maximum Gasteiger partial charge on any atom is 0.124 e. The first-order valence-corrected chi connectivity index (χ1v) is 3.72. The van der Waals surface area contributed by atoms with Gasteiger partial charge in [-0.15, -0.1) is 0 Å². The quantitative estimate of drug-likeness (QED) is 0.697. The molecule has 1 aromatic rings. The minimum Gasteiger partial charge on any atom is -0.384 e. The van der Waals surface area contributed by atoms with Crippen molar-refractivity contribution in [1.82, 2.24) is 4.98 Å². The molecule has 0 radical (unpaired) electrons. The summed E-state index contributed by atoms with van der Waals surface area (Å²) in [5, 5.41) is 0. The fraction of sp³-hybridized carbons (Fsp3) is 0.222. The lowest BCUT2D eigenvalue weighted by Crippen LogP contribution is -1.89. The summed E-state index contributed by atoms with van der Waals surface area (Å²) in [6.45, 7) is 2.09. The smallest absolute Gasteiger partial charge is 0.124 e. The number of nitrogens with zero attached hydrogens (tertiary/aromatic N) is 1. The number of nitrogen functional groups attached to an aromatic ring is 1. The lowest BCUT2D eigenvalue weighted by atomic mass is 10.3. The highest BCUT2D eigenvalue weighted by molar-refractivity contribution is 5.47. The van der Waals surface area contributed by atoms with Crippen molar-refractivity contribution in [2.24, 2.45) is 0 Å². The van der Waals surface area contributed by atoms with Gasteiger partial charge in [-0.1, -0.05) is 19.1 Å². The van der Waals surface area contributed by atoms with E-state index in [4.69, 9.17) is 5.73 Å². The zero-order chi connectivity index (χ0) is 8.10. The summed E-state index contributed by atoms with van der Waals surface area (Å²) in [5.41, 5.74) is 6.41. The minimum atomic E-state index is 0.572. The van der Waals surface area contributed by atoms with Gasteiger partial charge < -0.3 is 5.73 Å². The zero-order valence-electron chi connectivity index (χ0n) is 6.62. The van der Waals surface area contributed by atoms with Gasteiger partial charge in [-0.05, 0) is 24.6 Å². The summed E-state index contributed by atoms with van der Waals surface area (Å²) in [4.78, 5) is 4.10. The van der Waals surface area contributed by atoms with E-state index in [0.29, 0.717) is 5.82 Å². The molecule has 2 nitrogen and oxygen atoms in total. The number of aromatic nitrogens is 1. The van der Waals surface area contributed by atoms with Crippen LogP contribution in [0.25, 0.3) is 6.08 Å². The predicted molar refractivity (Wildman–Crippen MR) is 48.0 cm³/mol. The third-order valence-electron chi connectivity index (χ3n) is 1.32. The van der Waals surface area contributed by atoms with E-state index in [0.717, 1.165) is 12.1 Å². The Morgan fingerprint density at radius 3 is 3.00 bits per heavy atom. The average Bonchev–Trinajstić information content (AvgIpc) is 2.01. The lowest BCUT2D eigenvalue weighted by Gasteiger charge is -1.93. The van der Waals surface area contributed by atoms with Gasteiger partial charge in [-0.2, -0.15) is 0 Å². The first-order chi connectivity index (χ1) is 5.33. The normalized spacial score (nSPS) is 10.6. The van der Waals surface area contributed by atoms with Gasteiger partial charge in [0, 0.05) is 0 Å². The topological polar surface area (TPSA) is 38.9 Å². The number of allylic oxidation sites excluding steroid dienone is 1. The van der Waals surface area contributed by atoms with Crippen LogP contribution >= 0.6 is 0 Å². The Bertz CT molecular complexity index is 253. The number of hydrogen-bond acceptors (Lipinski definition) is 2. The molecule has 0 amide bonds. The molecule has 0 saturated heterocycles. The number of hydrogen-bond donors (Lipinski definition) is 1. The Morgan fingerprint density at radius 1 is 1.55 bits per heavy atom. The molecule has 0 aliphatic rings. The van der Waals surface area contributed by atoms with Gasteiger partial charge in [0.15, 0.2) is 0 Å². The van der Waals surface area contributed by atoms with E-state index in [9.17, 15) is 0 Å². The summed E-state index contributed by atoms with van der Waals surface area (Å²) in [6.07, 6.45) is 5.05. The van der Waals surface area contributed by atoms with Crippen LogP contribution in [0.5, 0.6) is 0 Å². The molecule has 0 unspecified atom stereocenters. The van der Waals surface area contributed by atoms with Crippen LogP contribution in [0, 0.1) is 0 Å². The van der Waals surface area contributed by atoms with Crippen molar-refractivity contribution in [2.75, 3.05) is 5.73 Å². The van der Waals surface area contributed by atoms with E-state index in [1.54, 1.807) is 6.07 Å². The largest absolute Gasteiger partial charge is 0.384 e. The molecule has 0 fully saturated rings. The van der Waals surface area contributed by atoms with Crippen molar-refractivity contribution in [2.45, 2.75) is 13.3 Å². The highest BCUT2D eigenvalue weighted by Crippen LogP contribution is 2.02. The fourth-order valence-corrected chi connectivity index (χ4v) is 0.800. The van der Waals surface area contributed by atoms with Crippen LogP contribution in [0.3, 0.4) is 0 Å². The summed E-state index contributed by atoms with van der Waals surface area (Å²) in [5.74, 6) is 0.572. The molecule has 1 rings (SSSR count). The van der Waals surface area contributed by atoms with Crippen LogP contribution in [0.15, 0.2) is 24.3 Å². The predicted octanol–water partition coefficient (Wildman–Crippen LogP) is 2.09. The fourth-order valence-electron chi connectivity index (χ4n) is 0.800. The third kappa shape index (κ3) is 2.42. The standard InChI is InChI=1S/C9H12N2/c1-2-3-5-8-6-4-7-9(10)11-8/h3-7H,2H2,1H3,(H2,10,11)/b5-3-. The van der Waals surface area contributed by atoms with E-state index in [1.165, 1.54) is 0 Å². The van der Waals surface area contributed by atoms with Crippen LogP contribution in [0.1, 0.15) is 19.0 Å². The maximum absolute atomic E-state index is 5.49. The first kappa shape index (κ1) is 7.79. The average molecular weight is 148 g/mol. The summed E-state index contributed by atoms with van der Waals surface area (Å²) >= 11 is 0.